The summed E-state index contributed by atoms with van der Waals surface area (Å²) in [6.07, 6.45) is 3.05. The molecule has 1 aliphatic heterocycles. The number of piperazine rings is 1. The van der Waals surface area contributed by atoms with Crippen LogP contribution in [-0.2, 0) is 11.3 Å². The second-order valence-electron chi connectivity index (χ2n) is 6.08. The van der Waals surface area contributed by atoms with Crippen molar-refractivity contribution in [1.29, 1.82) is 0 Å². The molecule has 3 heterocycles. The molecule has 8 nitrogen and oxygen atoms in total. The Morgan fingerprint density at radius 3 is 2.60 bits per heavy atom. The van der Waals surface area contributed by atoms with Crippen LogP contribution in [-0.4, -0.2) is 65.2 Å². The Balaban J connectivity index is 2.06. The van der Waals surface area contributed by atoms with Gasteiger partial charge in [-0.3, -0.25) is 4.79 Å². The van der Waals surface area contributed by atoms with Gasteiger partial charge in [-0.15, -0.1) is 0 Å². The lowest BCUT2D eigenvalue weighted by molar-refractivity contribution is 0.0524. The van der Waals surface area contributed by atoms with Crippen molar-refractivity contribution in [2.45, 2.75) is 20.4 Å². The number of hydrogen-bond donors (Lipinski definition) is 0. The minimum atomic E-state index is -0.611. The first-order valence-corrected chi connectivity index (χ1v) is 8.56. The highest BCUT2D eigenvalue weighted by Crippen LogP contribution is 2.16. The fraction of sp³-hybridized carbons (Fsp3) is 0.529. The summed E-state index contributed by atoms with van der Waals surface area (Å²) in [7, 11) is 2.09. The molecule has 0 radical (unpaired) electrons. The van der Waals surface area contributed by atoms with E-state index < -0.39 is 5.97 Å². The number of anilines is 1. The van der Waals surface area contributed by atoms with Gasteiger partial charge in [0.25, 0.3) is 0 Å². The quantitative estimate of drug-likeness (QED) is 0.756. The summed E-state index contributed by atoms with van der Waals surface area (Å²) in [6.45, 7) is 8.05. The molecular weight excluding hydrogens is 322 g/mol. The molecule has 0 spiro atoms. The largest absolute Gasteiger partial charge is 0.462 e. The van der Waals surface area contributed by atoms with Gasteiger partial charge >= 0.3 is 5.97 Å². The summed E-state index contributed by atoms with van der Waals surface area (Å²) < 4.78 is 6.78. The van der Waals surface area contributed by atoms with Crippen LogP contribution in [0.2, 0.25) is 0 Å². The van der Waals surface area contributed by atoms with Crippen molar-refractivity contribution in [3.05, 3.63) is 28.2 Å². The number of pyridine rings is 1. The van der Waals surface area contributed by atoms with Crippen LogP contribution in [0.5, 0.6) is 0 Å². The van der Waals surface area contributed by atoms with Gasteiger partial charge in [-0.2, -0.15) is 4.98 Å². The lowest BCUT2D eigenvalue weighted by Crippen LogP contribution is -2.45. The molecule has 1 fully saturated rings. The Morgan fingerprint density at radius 1 is 1.24 bits per heavy atom. The van der Waals surface area contributed by atoms with Crippen molar-refractivity contribution in [3.63, 3.8) is 0 Å². The number of esters is 1. The third kappa shape index (κ3) is 3.34. The lowest BCUT2D eigenvalue weighted by atomic mass is 10.2. The molecule has 8 heteroatoms. The fourth-order valence-corrected chi connectivity index (χ4v) is 2.92. The molecule has 0 aliphatic carbocycles. The van der Waals surface area contributed by atoms with Crippen molar-refractivity contribution >= 4 is 23.0 Å². The smallest absolute Gasteiger partial charge is 0.343 e. The molecule has 134 valence electrons. The first-order valence-electron chi connectivity index (χ1n) is 8.56. The number of aromatic nitrogens is 3. The summed E-state index contributed by atoms with van der Waals surface area (Å²) in [6, 6.07) is 0. The maximum absolute atomic E-state index is 12.6. The number of ether oxygens (including phenoxy) is 1. The molecule has 2 aromatic rings. The number of aryl methyl sites for hydroxylation is 1. The molecule has 1 saturated heterocycles. The van der Waals surface area contributed by atoms with Crippen molar-refractivity contribution in [2.24, 2.45) is 0 Å². The molecule has 0 N–H and O–H groups in total. The molecule has 0 atom stereocenters. The third-order valence-electron chi connectivity index (χ3n) is 4.42. The van der Waals surface area contributed by atoms with E-state index in [4.69, 9.17) is 4.74 Å². The van der Waals surface area contributed by atoms with Gasteiger partial charge in [0, 0.05) is 45.1 Å². The van der Waals surface area contributed by atoms with E-state index in [-0.39, 0.29) is 17.6 Å². The van der Waals surface area contributed by atoms with Crippen LogP contribution in [0.1, 0.15) is 24.2 Å². The van der Waals surface area contributed by atoms with Gasteiger partial charge in [0.1, 0.15) is 11.2 Å². The normalized spacial score (nSPS) is 15.6. The molecule has 1 aliphatic rings. The van der Waals surface area contributed by atoms with E-state index in [1.165, 1.54) is 12.4 Å². The monoisotopic (exact) mass is 345 g/mol. The van der Waals surface area contributed by atoms with Crippen LogP contribution in [0, 0.1) is 0 Å². The number of carbonyl (C=O) groups is 1. The molecule has 0 aromatic carbocycles. The van der Waals surface area contributed by atoms with E-state index >= 15 is 0 Å². The number of rotatable bonds is 4. The molecule has 2 aromatic heterocycles. The fourth-order valence-electron chi connectivity index (χ4n) is 2.92. The van der Waals surface area contributed by atoms with Crippen molar-refractivity contribution in [2.75, 3.05) is 44.7 Å². The predicted molar refractivity (Wildman–Crippen MR) is 95.1 cm³/mol. The number of hydrogen-bond acceptors (Lipinski definition) is 7. The Hall–Kier alpha value is -2.48. The van der Waals surface area contributed by atoms with Gasteiger partial charge in [0.15, 0.2) is 0 Å². The standard InChI is InChI=1S/C17H23N5O3/c1-4-21-11-13(16(24)25-5-2)14(23)12-10-18-17(19-15(12)21)22-8-6-20(3)7-9-22/h10-11H,4-9H2,1-3H3. The maximum Gasteiger partial charge on any atom is 0.343 e. The van der Waals surface area contributed by atoms with Gasteiger partial charge in [0.2, 0.25) is 11.4 Å². The zero-order valence-electron chi connectivity index (χ0n) is 14.9. The highest BCUT2D eigenvalue weighted by atomic mass is 16.5. The first-order chi connectivity index (χ1) is 12.0. The molecule has 0 unspecified atom stereocenters. The van der Waals surface area contributed by atoms with Gasteiger partial charge in [0.05, 0.1) is 12.0 Å². The van der Waals surface area contributed by atoms with Crippen LogP contribution >= 0.6 is 0 Å². The minimum absolute atomic E-state index is 0.0205. The Bertz CT molecular complexity index is 840. The number of likely N-dealkylation sites (N-methyl/N-ethyl adjacent to an activating group) is 1. The van der Waals surface area contributed by atoms with Crippen LogP contribution < -0.4 is 10.3 Å². The molecule has 0 saturated carbocycles. The zero-order chi connectivity index (χ0) is 18.0. The summed E-state index contributed by atoms with van der Waals surface area (Å²) in [4.78, 5) is 38.0. The molecule has 0 amide bonds. The second kappa shape index (κ2) is 7.18. The second-order valence-corrected chi connectivity index (χ2v) is 6.08. The highest BCUT2D eigenvalue weighted by Gasteiger charge is 2.20. The summed E-state index contributed by atoms with van der Waals surface area (Å²) in [5.41, 5.74) is 0.180. The maximum atomic E-state index is 12.6. The molecular formula is C17H23N5O3. The van der Waals surface area contributed by atoms with Gasteiger partial charge in [-0.1, -0.05) is 0 Å². The molecule has 3 rings (SSSR count). The first kappa shape index (κ1) is 17.3. The van der Waals surface area contributed by atoms with Crippen molar-refractivity contribution in [1.82, 2.24) is 19.4 Å². The van der Waals surface area contributed by atoms with Crippen LogP contribution in [0.25, 0.3) is 11.0 Å². The summed E-state index contributed by atoms with van der Waals surface area (Å²) in [5, 5.41) is 0.338. The van der Waals surface area contributed by atoms with Crippen LogP contribution in [0.15, 0.2) is 17.2 Å². The van der Waals surface area contributed by atoms with Crippen LogP contribution in [0.3, 0.4) is 0 Å². The molecule has 25 heavy (non-hydrogen) atoms. The molecule has 0 bridgehead atoms. The van der Waals surface area contributed by atoms with E-state index in [2.05, 4.69) is 26.8 Å². The van der Waals surface area contributed by atoms with Crippen LogP contribution in [0.4, 0.5) is 5.95 Å². The number of carbonyl (C=O) groups excluding carboxylic acids is 1. The Morgan fingerprint density at radius 2 is 1.96 bits per heavy atom. The highest BCUT2D eigenvalue weighted by molar-refractivity contribution is 5.93. The third-order valence-corrected chi connectivity index (χ3v) is 4.42. The van der Waals surface area contributed by atoms with E-state index in [0.29, 0.717) is 23.5 Å². The number of nitrogens with zero attached hydrogens (tertiary/aromatic N) is 5. The lowest BCUT2D eigenvalue weighted by Gasteiger charge is -2.32. The topological polar surface area (TPSA) is 80.6 Å². The average molecular weight is 345 g/mol. The van der Waals surface area contributed by atoms with Crippen molar-refractivity contribution in [3.8, 4) is 0 Å². The van der Waals surface area contributed by atoms with Gasteiger partial charge < -0.3 is 19.1 Å². The average Bonchev–Trinajstić information content (AvgIpc) is 2.62. The van der Waals surface area contributed by atoms with Gasteiger partial charge in [-0.05, 0) is 20.9 Å². The predicted octanol–water partition coefficient (Wildman–Crippen LogP) is 0.740. The van der Waals surface area contributed by atoms with E-state index in [1.807, 2.05) is 6.92 Å². The van der Waals surface area contributed by atoms with E-state index in [1.54, 1.807) is 11.5 Å². The number of fused-ring (bicyclic) bond motifs is 1. The van der Waals surface area contributed by atoms with E-state index in [0.717, 1.165) is 26.2 Å². The van der Waals surface area contributed by atoms with Gasteiger partial charge in [-0.25, -0.2) is 9.78 Å². The Labute approximate surface area is 146 Å². The minimum Gasteiger partial charge on any atom is -0.462 e. The SMILES string of the molecule is CCOC(=O)c1cn(CC)c2nc(N3CCN(C)CC3)ncc2c1=O. The Kier molecular flexibility index (Phi) is 4.98. The zero-order valence-corrected chi connectivity index (χ0v) is 14.9. The summed E-state index contributed by atoms with van der Waals surface area (Å²) in [5.74, 6) is 0.00540. The summed E-state index contributed by atoms with van der Waals surface area (Å²) >= 11 is 0. The van der Waals surface area contributed by atoms with E-state index in [9.17, 15) is 9.59 Å². The van der Waals surface area contributed by atoms with Crippen molar-refractivity contribution < 1.29 is 9.53 Å².